The predicted molar refractivity (Wildman–Crippen MR) is 64.7 cm³/mol. The molecule has 84 valence electrons. The monoisotopic (exact) mass is 235 g/mol. The number of benzene rings is 1. The first-order valence-electron chi connectivity index (χ1n) is 5.31. The van der Waals surface area contributed by atoms with Gasteiger partial charge in [0.05, 0.1) is 0 Å². The third-order valence-electron chi connectivity index (χ3n) is 2.33. The molecule has 2 aromatic rings. The van der Waals surface area contributed by atoms with Gasteiger partial charge in [0.2, 0.25) is 0 Å². The summed E-state index contributed by atoms with van der Waals surface area (Å²) in [5.41, 5.74) is 1.14. The third-order valence-corrected chi connectivity index (χ3v) is 2.56. The summed E-state index contributed by atoms with van der Waals surface area (Å²) in [5, 5.41) is 7.87. The highest BCUT2D eigenvalue weighted by Crippen LogP contribution is 2.14. The van der Waals surface area contributed by atoms with Gasteiger partial charge in [-0.1, -0.05) is 37.6 Å². The van der Waals surface area contributed by atoms with Crippen molar-refractivity contribution in [2.45, 2.75) is 26.2 Å². The molecule has 0 spiro atoms. The van der Waals surface area contributed by atoms with E-state index in [9.17, 15) is 0 Å². The number of halogens is 1. The smallest absolute Gasteiger partial charge is 0.153 e. The Hall–Kier alpha value is -1.35. The summed E-state index contributed by atoms with van der Waals surface area (Å²) in [5.74, 6) is 2.09. The van der Waals surface area contributed by atoms with E-state index in [1.165, 1.54) is 0 Å². The van der Waals surface area contributed by atoms with E-state index in [4.69, 9.17) is 11.6 Å². The highest BCUT2D eigenvalue weighted by atomic mass is 35.5. The van der Waals surface area contributed by atoms with E-state index in [1.54, 1.807) is 0 Å². The Kier molecular flexibility index (Phi) is 3.25. The normalized spacial score (nSPS) is 11.0. The molecule has 0 unspecified atom stereocenters. The van der Waals surface area contributed by atoms with Gasteiger partial charge in [-0.05, 0) is 17.7 Å². The molecule has 0 aliphatic rings. The van der Waals surface area contributed by atoms with Crippen LogP contribution >= 0.6 is 11.6 Å². The quantitative estimate of drug-likeness (QED) is 0.888. The third kappa shape index (κ3) is 2.61. The van der Waals surface area contributed by atoms with E-state index in [-0.39, 0.29) is 0 Å². The van der Waals surface area contributed by atoms with Gasteiger partial charge < -0.3 is 0 Å². The average molecular weight is 236 g/mol. The fourth-order valence-corrected chi connectivity index (χ4v) is 1.70. The highest BCUT2D eigenvalue weighted by Gasteiger charge is 2.07. The minimum atomic E-state index is 0.351. The van der Waals surface area contributed by atoms with Crippen LogP contribution in [0.2, 0.25) is 5.02 Å². The SMILES string of the molecule is CC(C)c1n[nH]c(Cc2cccc(Cl)c2)n1. The van der Waals surface area contributed by atoms with Gasteiger partial charge >= 0.3 is 0 Å². The van der Waals surface area contributed by atoms with Crippen molar-refractivity contribution in [2.75, 3.05) is 0 Å². The number of aromatic amines is 1. The molecule has 0 bridgehead atoms. The molecule has 0 saturated carbocycles. The summed E-state index contributed by atoms with van der Waals surface area (Å²) in [6.45, 7) is 4.15. The second-order valence-electron chi connectivity index (χ2n) is 4.10. The Balaban J connectivity index is 2.14. The number of aromatic nitrogens is 3. The van der Waals surface area contributed by atoms with E-state index in [2.05, 4.69) is 29.0 Å². The first-order chi connectivity index (χ1) is 7.65. The largest absolute Gasteiger partial charge is 0.263 e. The Morgan fingerprint density at radius 2 is 2.19 bits per heavy atom. The van der Waals surface area contributed by atoms with Crippen LogP contribution in [0.25, 0.3) is 0 Å². The van der Waals surface area contributed by atoms with Crippen LogP contribution in [-0.4, -0.2) is 15.2 Å². The highest BCUT2D eigenvalue weighted by molar-refractivity contribution is 6.30. The first-order valence-corrected chi connectivity index (χ1v) is 5.68. The maximum atomic E-state index is 5.92. The van der Waals surface area contributed by atoms with Gasteiger partial charge in [-0.15, -0.1) is 0 Å². The number of hydrogen-bond donors (Lipinski definition) is 1. The Bertz CT molecular complexity index is 477. The van der Waals surface area contributed by atoms with Crippen LogP contribution < -0.4 is 0 Å². The van der Waals surface area contributed by atoms with Crippen molar-refractivity contribution in [3.63, 3.8) is 0 Å². The van der Waals surface area contributed by atoms with Crippen molar-refractivity contribution in [3.8, 4) is 0 Å². The summed E-state index contributed by atoms with van der Waals surface area (Å²) >= 11 is 5.92. The number of H-pyrrole nitrogens is 1. The van der Waals surface area contributed by atoms with Gasteiger partial charge in [0.25, 0.3) is 0 Å². The van der Waals surface area contributed by atoms with Crippen molar-refractivity contribution in [1.29, 1.82) is 0 Å². The summed E-state index contributed by atoms with van der Waals surface area (Å²) in [4.78, 5) is 4.42. The Labute approximate surface area is 99.9 Å². The van der Waals surface area contributed by atoms with Crippen molar-refractivity contribution in [1.82, 2.24) is 15.2 Å². The zero-order valence-electron chi connectivity index (χ0n) is 9.37. The van der Waals surface area contributed by atoms with Crippen molar-refractivity contribution in [2.24, 2.45) is 0 Å². The molecule has 0 radical (unpaired) electrons. The van der Waals surface area contributed by atoms with Crippen LogP contribution in [0.1, 0.15) is 37.0 Å². The molecule has 0 saturated heterocycles. The number of nitrogens with one attached hydrogen (secondary N) is 1. The van der Waals surface area contributed by atoms with Gasteiger partial charge in [-0.2, -0.15) is 5.10 Å². The first kappa shape index (κ1) is 11.1. The minimum absolute atomic E-state index is 0.351. The zero-order valence-corrected chi connectivity index (χ0v) is 10.1. The predicted octanol–water partition coefficient (Wildman–Crippen LogP) is 3.17. The van der Waals surface area contributed by atoms with Gasteiger partial charge in [0.1, 0.15) is 5.82 Å². The van der Waals surface area contributed by atoms with Crippen molar-refractivity contribution >= 4 is 11.6 Å². The van der Waals surface area contributed by atoms with Crippen LogP contribution in [-0.2, 0) is 6.42 Å². The van der Waals surface area contributed by atoms with Crippen LogP contribution in [0.3, 0.4) is 0 Å². The van der Waals surface area contributed by atoms with Gasteiger partial charge in [-0.25, -0.2) is 4.98 Å². The van der Waals surface area contributed by atoms with Crippen LogP contribution in [0.4, 0.5) is 0 Å². The van der Waals surface area contributed by atoms with Crippen LogP contribution in [0, 0.1) is 0 Å². The Morgan fingerprint density at radius 3 is 2.81 bits per heavy atom. The van der Waals surface area contributed by atoms with E-state index < -0.39 is 0 Å². The molecule has 0 amide bonds. The summed E-state index contributed by atoms with van der Waals surface area (Å²) in [6.07, 6.45) is 0.736. The maximum absolute atomic E-state index is 5.92. The lowest BCUT2D eigenvalue weighted by molar-refractivity contribution is 0.780. The molecule has 0 aliphatic carbocycles. The molecule has 0 fully saturated rings. The Morgan fingerprint density at radius 1 is 1.38 bits per heavy atom. The fourth-order valence-electron chi connectivity index (χ4n) is 1.49. The topological polar surface area (TPSA) is 41.6 Å². The molecule has 4 heteroatoms. The number of nitrogens with zero attached hydrogens (tertiary/aromatic N) is 2. The lowest BCUT2D eigenvalue weighted by atomic mass is 10.1. The lowest BCUT2D eigenvalue weighted by Gasteiger charge is -1.98. The molecule has 0 aliphatic heterocycles. The summed E-state index contributed by atoms with van der Waals surface area (Å²) < 4.78 is 0. The van der Waals surface area contributed by atoms with Gasteiger partial charge in [-0.3, -0.25) is 5.10 Å². The average Bonchev–Trinajstić information content (AvgIpc) is 2.66. The van der Waals surface area contributed by atoms with E-state index in [1.807, 2.05) is 24.3 Å². The van der Waals surface area contributed by atoms with Crippen LogP contribution in [0.5, 0.6) is 0 Å². The van der Waals surface area contributed by atoms with Crippen molar-refractivity contribution in [3.05, 3.63) is 46.5 Å². The molecule has 1 aromatic carbocycles. The zero-order chi connectivity index (χ0) is 11.5. The molecule has 16 heavy (non-hydrogen) atoms. The standard InChI is InChI=1S/C12H14ClN3/c1-8(2)12-14-11(15-16-12)7-9-4-3-5-10(13)6-9/h3-6,8H,7H2,1-2H3,(H,14,15,16). The molecular formula is C12H14ClN3. The van der Waals surface area contributed by atoms with E-state index >= 15 is 0 Å². The second kappa shape index (κ2) is 4.66. The van der Waals surface area contributed by atoms with E-state index in [0.717, 1.165) is 28.7 Å². The maximum Gasteiger partial charge on any atom is 0.153 e. The molecule has 3 nitrogen and oxygen atoms in total. The minimum Gasteiger partial charge on any atom is -0.263 e. The van der Waals surface area contributed by atoms with Gasteiger partial charge in [0.15, 0.2) is 5.82 Å². The van der Waals surface area contributed by atoms with Crippen molar-refractivity contribution < 1.29 is 0 Å². The second-order valence-corrected chi connectivity index (χ2v) is 4.54. The molecule has 1 heterocycles. The molecule has 1 N–H and O–H groups in total. The molecule has 2 rings (SSSR count). The summed E-state index contributed by atoms with van der Waals surface area (Å²) in [7, 11) is 0. The van der Waals surface area contributed by atoms with Gasteiger partial charge in [0, 0.05) is 17.4 Å². The summed E-state index contributed by atoms with van der Waals surface area (Å²) in [6, 6.07) is 7.78. The molecule has 1 aromatic heterocycles. The van der Waals surface area contributed by atoms with E-state index in [0.29, 0.717) is 5.92 Å². The fraction of sp³-hybridized carbons (Fsp3) is 0.333. The number of hydrogen-bond acceptors (Lipinski definition) is 2. The number of rotatable bonds is 3. The van der Waals surface area contributed by atoms with Crippen LogP contribution in [0.15, 0.2) is 24.3 Å². The molecular weight excluding hydrogens is 222 g/mol. The molecule has 0 atom stereocenters. The lowest BCUT2D eigenvalue weighted by Crippen LogP contribution is -1.92.